The maximum Gasteiger partial charge on any atom is 0.296 e. The minimum atomic E-state index is -0.627. The first-order valence-corrected chi connectivity index (χ1v) is 7.87. The predicted molar refractivity (Wildman–Crippen MR) is 98.8 cm³/mol. The molecule has 0 saturated carbocycles. The topological polar surface area (TPSA) is 74.3 Å². The lowest BCUT2D eigenvalue weighted by atomic mass is 10.1. The molecule has 2 aromatic carbocycles. The number of aromatic nitrogens is 1. The van der Waals surface area contributed by atoms with Crippen molar-refractivity contribution in [2.45, 2.75) is 0 Å². The molecule has 0 atom stereocenters. The summed E-state index contributed by atoms with van der Waals surface area (Å²) in [7, 11) is 3.92. The van der Waals surface area contributed by atoms with Gasteiger partial charge in [0.05, 0.1) is 16.8 Å². The maximum atomic E-state index is 12.3. The number of amides is 1. The van der Waals surface area contributed by atoms with Crippen molar-refractivity contribution < 1.29 is 9.59 Å². The van der Waals surface area contributed by atoms with Gasteiger partial charge in [0, 0.05) is 30.9 Å². The molecular weight excluding hydrogens is 316 g/mol. The van der Waals surface area contributed by atoms with E-state index >= 15 is 0 Å². The fraction of sp³-hybridized carbons (Fsp3) is 0.105. The average Bonchev–Trinajstić information content (AvgIpc) is 2.91. The fourth-order valence-corrected chi connectivity index (χ4v) is 2.94. The molecule has 2 heterocycles. The third kappa shape index (κ3) is 2.48. The molecule has 6 nitrogen and oxygen atoms in total. The minimum absolute atomic E-state index is 0.377. The van der Waals surface area contributed by atoms with Crippen molar-refractivity contribution in [2.75, 3.05) is 29.6 Å². The van der Waals surface area contributed by atoms with Gasteiger partial charge in [-0.1, -0.05) is 24.3 Å². The number of para-hydroxylation sites is 1. The highest BCUT2D eigenvalue weighted by atomic mass is 16.2. The highest BCUT2D eigenvalue weighted by molar-refractivity contribution is 6.54. The number of rotatable bonds is 3. The Bertz CT molecular complexity index is 1030. The first-order valence-electron chi connectivity index (χ1n) is 7.87. The van der Waals surface area contributed by atoms with Gasteiger partial charge in [-0.2, -0.15) is 0 Å². The lowest BCUT2D eigenvalue weighted by Gasteiger charge is -2.15. The third-order valence-corrected chi connectivity index (χ3v) is 4.19. The summed E-state index contributed by atoms with van der Waals surface area (Å²) in [6, 6.07) is 15.1. The van der Waals surface area contributed by atoms with Crippen LogP contribution < -0.4 is 15.5 Å². The number of Topliss-reactive ketones (excluding diaryl/α,β-unsaturated/α-hetero) is 1. The first kappa shape index (κ1) is 15.1. The van der Waals surface area contributed by atoms with E-state index in [0.717, 1.165) is 11.4 Å². The van der Waals surface area contributed by atoms with Crippen molar-refractivity contribution in [2.24, 2.45) is 0 Å². The van der Waals surface area contributed by atoms with E-state index in [4.69, 9.17) is 0 Å². The van der Waals surface area contributed by atoms with Crippen LogP contribution in [0.4, 0.5) is 22.9 Å². The Hall–Kier alpha value is -3.41. The lowest BCUT2D eigenvalue weighted by molar-refractivity contribution is -0.112. The molecule has 0 bridgehead atoms. The molecular formula is C19H16N4O2. The van der Waals surface area contributed by atoms with Crippen LogP contribution in [0.25, 0.3) is 10.9 Å². The second kappa shape index (κ2) is 5.59. The lowest BCUT2D eigenvalue weighted by Crippen LogP contribution is -2.12. The molecule has 6 heteroatoms. The molecule has 0 radical (unpaired) electrons. The van der Waals surface area contributed by atoms with E-state index in [2.05, 4.69) is 15.6 Å². The molecule has 0 spiro atoms. The molecule has 124 valence electrons. The molecule has 1 aromatic heterocycles. The van der Waals surface area contributed by atoms with Crippen LogP contribution in [-0.2, 0) is 4.79 Å². The zero-order valence-corrected chi connectivity index (χ0v) is 13.8. The summed E-state index contributed by atoms with van der Waals surface area (Å²) in [4.78, 5) is 30.8. The van der Waals surface area contributed by atoms with Gasteiger partial charge in [-0.15, -0.1) is 0 Å². The minimum Gasteiger partial charge on any atom is -0.378 e. The van der Waals surface area contributed by atoms with Crippen LogP contribution in [0.15, 0.2) is 48.5 Å². The molecule has 1 amide bonds. The second-order valence-electron chi connectivity index (χ2n) is 6.08. The van der Waals surface area contributed by atoms with Crippen molar-refractivity contribution >= 4 is 45.5 Å². The van der Waals surface area contributed by atoms with Gasteiger partial charge in [0.25, 0.3) is 11.7 Å². The molecule has 0 aliphatic carbocycles. The van der Waals surface area contributed by atoms with Crippen molar-refractivity contribution in [3.63, 3.8) is 0 Å². The molecule has 25 heavy (non-hydrogen) atoms. The Balaban J connectivity index is 1.86. The number of nitrogens with zero attached hydrogens (tertiary/aromatic N) is 2. The Morgan fingerprint density at radius 1 is 1.04 bits per heavy atom. The summed E-state index contributed by atoms with van der Waals surface area (Å²) < 4.78 is 0. The Kier molecular flexibility index (Phi) is 3.39. The summed E-state index contributed by atoms with van der Waals surface area (Å²) in [5, 5.41) is 6.54. The van der Waals surface area contributed by atoms with Gasteiger partial charge in [-0.25, -0.2) is 4.98 Å². The van der Waals surface area contributed by atoms with Crippen LogP contribution in [0.3, 0.4) is 0 Å². The number of benzene rings is 2. The van der Waals surface area contributed by atoms with E-state index in [9.17, 15) is 9.59 Å². The van der Waals surface area contributed by atoms with E-state index < -0.39 is 11.7 Å². The third-order valence-electron chi connectivity index (χ3n) is 4.19. The first-order chi connectivity index (χ1) is 12.0. The number of hydrogen-bond acceptors (Lipinski definition) is 5. The number of carbonyl (C=O) groups excluding carboxylic acids is 2. The number of ketones is 1. The fourth-order valence-electron chi connectivity index (χ4n) is 2.94. The summed E-state index contributed by atoms with van der Waals surface area (Å²) in [5.74, 6) is -0.694. The van der Waals surface area contributed by atoms with Gasteiger partial charge in [-0.05, 0) is 24.3 Å². The van der Waals surface area contributed by atoms with Crippen molar-refractivity contribution in [3.05, 3.63) is 54.1 Å². The summed E-state index contributed by atoms with van der Waals surface area (Å²) in [5.41, 5.74) is 3.33. The van der Waals surface area contributed by atoms with E-state index in [-0.39, 0.29) is 0 Å². The van der Waals surface area contributed by atoms with Gasteiger partial charge >= 0.3 is 0 Å². The van der Waals surface area contributed by atoms with Crippen molar-refractivity contribution in [1.82, 2.24) is 4.98 Å². The van der Waals surface area contributed by atoms with E-state index in [1.54, 1.807) is 6.07 Å². The number of nitrogens with one attached hydrogen (secondary N) is 2. The van der Waals surface area contributed by atoms with Crippen molar-refractivity contribution in [1.29, 1.82) is 0 Å². The van der Waals surface area contributed by atoms with Gasteiger partial charge < -0.3 is 15.5 Å². The number of hydrogen-bond donors (Lipinski definition) is 2. The number of fused-ring (bicyclic) bond motifs is 3. The van der Waals surface area contributed by atoms with E-state index in [1.807, 2.05) is 61.5 Å². The molecule has 1 aliphatic heterocycles. The number of pyridine rings is 1. The van der Waals surface area contributed by atoms with E-state index in [0.29, 0.717) is 28.0 Å². The molecule has 2 N–H and O–H groups in total. The van der Waals surface area contributed by atoms with Gasteiger partial charge in [0.2, 0.25) is 0 Å². The Morgan fingerprint density at radius 3 is 2.64 bits per heavy atom. The van der Waals surface area contributed by atoms with Crippen LogP contribution in [0, 0.1) is 0 Å². The predicted octanol–water partition coefficient (Wildman–Crippen LogP) is 3.18. The largest absolute Gasteiger partial charge is 0.378 e. The van der Waals surface area contributed by atoms with Crippen molar-refractivity contribution in [3.8, 4) is 0 Å². The monoisotopic (exact) mass is 332 g/mol. The SMILES string of the molecule is CN(C)c1cccc(Nc2nc3ccccc3c3c2NC(=O)C3=O)c1. The second-order valence-corrected chi connectivity index (χ2v) is 6.08. The zero-order chi connectivity index (χ0) is 17.6. The summed E-state index contributed by atoms with van der Waals surface area (Å²) in [6.45, 7) is 0. The molecule has 1 aliphatic rings. The number of anilines is 4. The van der Waals surface area contributed by atoms with Crippen LogP contribution in [-0.4, -0.2) is 30.8 Å². The van der Waals surface area contributed by atoms with Gasteiger partial charge in [0.1, 0.15) is 0 Å². The normalized spacial score (nSPS) is 12.9. The molecule has 0 saturated heterocycles. The van der Waals surface area contributed by atoms with E-state index in [1.165, 1.54) is 0 Å². The van der Waals surface area contributed by atoms with Crippen LogP contribution >= 0.6 is 0 Å². The highest BCUT2D eigenvalue weighted by Gasteiger charge is 2.33. The van der Waals surface area contributed by atoms with Crippen LogP contribution in [0.5, 0.6) is 0 Å². The molecule has 0 fully saturated rings. The zero-order valence-electron chi connectivity index (χ0n) is 13.8. The summed E-state index contributed by atoms with van der Waals surface area (Å²) in [6.07, 6.45) is 0. The number of carbonyl (C=O) groups is 2. The smallest absolute Gasteiger partial charge is 0.296 e. The standard InChI is InChI=1S/C19H16N4O2/c1-23(2)12-7-5-6-11(10-12)20-18-16-15(17(24)19(25)22-16)13-8-3-4-9-14(13)21-18/h3-10H,1-2H3,(H,20,21)(H,22,24,25). The quantitative estimate of drug-likeness (QED) is 0.721. The van der Waals surface area contributed by atoms with Crippen LogP contribution in [0.1, 0.15) is 10.4 Å². The molecule has 0 unspecified atom stereocenters. The van der Waals surface area contributed by atoms with Gasteiger partial charge in [0.15, 0.2) is 5.82 Å². The highest BCUT2D eigenvalue weighted by Crippen LogP contribution is 2.37. The van der Waals surface area contributed by atoms with Crippen LogP contribution in [0.2, 0.25) is 0 Å². The average molecular weight is 332 g/mol. The Morgan fingerprint density at radius 2 is 1.84 bits per heavy atom. The molecule has 4 rings (SSSR count). The summed E-state index contributed by atoms with van der Waals surface area (Å²) >= 11 is 0. The maximum absolute atomic E-state index is 12.3. The molecule has 3 aromatic rings. The Labute approximate surface area is 144 Å². The van der Waals surface area contributed by atoms with Gasteiger partial charge in [-0.3, -0.25) is 9.59 Å².